The molecular weight excluding hydrogens is 267 g/mol. The number of hydrogen-bond acceptors (Lipinski definition) is 3. The summed E-state index contributed by atoms with van der Waals surface area (Å²) in [6.07, 6.45) is 0.462. The van der Waals surface area contributed by atoms with Gasteiger partial charge in [0.2, 0.25) is 0 Å². The first-order valence-corrected chi connectivity index (χ1v) is 6.93. The molecule has 0 aromatic heterocycles. The summed E-state index contributed by atoms with van der Waals surface area (Å²) >= 11 is 5.83. The third-order valence-corrected chi connectivity index (χ3v) is 3.72. The molecular formula is C14H18ClFN2O. The van der Waals surface area contributed by atoms with Gasteiger partial charge in [-0.2, -0.15) is 0 Å². The zero-order chi connectivity index (χ0) is 13.8. The summed E-state index contributed by atoms with van der Waals surface area (Å²) in [5.41, 5.74) is 0.778. The van der Waals surface area contributed by atoms with Crippen molar-refractivity contribution in [2.75, 3.05) is 26.2 Å². The number of nitrogens with one attached hydrogen (secondary N) is 1. The largest absolute Gasteiger partial charge is 0.314 e. The van der Waals surface area contributed by atoms with Gasteiger partial charge >= 0.3 is 0 Å². The summed E-state index contributed by atoms with van der Waals surface area (Å²) in [6.45, 7) is 5.20. The molecule has 0 aliphatic carbocycles. The van der Waals surface area contributed by atoms with Crippen LogP contribution in [0.4, 0.5) is 4.39 Å². The van der Waals surface area contributed by atoms with Crippen LogP contribution in [0.15, 0.2) is 18.2 Å². The van der Waals surface area contributed by atoms with Crippen LogP contribution < -0.4 is 5.32 Å². The number of rotatable bonds is 4. The number of benzene rings is 1. The van der Waals surface area contributed by atoms with E-state index in [2.05, 4.69) is 10.2 Å². The Morgan fingerprint density at radius 3 is 2.74 bits per heavy atom. The molecule has 0 bridgehead atoms. The molecule has 0 spiro atoms. The van der Waals surface area contributed by atoms with Gasteiger partial charge in [-0.05, 0) is 17.7 Å². The molecule has 0 saturated carbocycles. The van der Waals surface area contributed by atoms with E-state index < -0.39 is 5.82 Å². The normalized spacial score (nSPS) is 18.3. The Labute approximate surface area is 117 Å². The molecule has 1 atom stereocenters. The van der Waals surface area contributed by atoms with Crippen molar-refractivity contribution in [3.8, 4) is 0 Å². The van der Waals surface area contributed by atoms with Crippen molar-refractivity contribution >= 4 is 17.4 Å². The van der Waals surface area contributed by atoms with Gasteiger partial charge < -0.3 is 5.32 Å². The highest BCUT2D eigenvalue weighted by Crippen LogP contribution is 2.27. The van der Waals surface area contributed by atoms with Gasteiger partial charge in [-0.1, -0.05) is 24.6 Å². The monoisotopic (exact) mass is 284 g/mol. The van der Waals surface area contributed by atoms with E-state index in [1.807, 2.05) is 6.92 Å². The van der Waals surface area contributed by atoms with E-state index in [9.17, 15) is 9.18 Å². The van der Waals surface area contributed by atoms with Crippen LogP contribution in [0.1, 0.15) is 24.9 Å². The molecule has 0 radical (unpaired) electrons. The Bertz CT molecular complexity index is 461. The van der Waals surface area contributed by atoms with Gasteiger partial charge in [0.05, 0.1) is 11.1 Å². The fourth-order valence-corrected chi connectivity index (χ4v) is 2.61. The van der Waals surface area contributed by atoms with Crippen LogP contribution in [0.3, 0.4) is 0 Å². The molecule has 1 aliphatic heterocycles. The number of Topliss-reactive ketones (excluding diaryl/α,β-unsaturated/α-hetero) is 1. The molecule has 104 valence electrons. The predicted molar refractivity (Wildman–Crippen MR) is 73.9 cm³/mol. The SMILES string of the molecule is CCC(=O)C(c1ccc(F)c(Cl)c1)N1CCNCC1. The quantitative estimate of drug-likeness (QED) is 0.921. The maximum absolute atomic E-state index is 13.2. The third-order valence-electron chi connectivity index (χ3n) is 3.43. The average Bonchev–Trinajstić information content (AvgIpc) is 2.44. The Kier molecular flexibility index (Phi) is 4.91. The summed E-state index contributed by atoms with van der Waals surface area (Å²) in [5, 5.41) is 3.33. The van der Waals surface area contributed by atoms with Crippen LogP contribution in [0.5, 0.6) is 0 Å². The summed E-state index contributed by atoms with van der Waals surface area (Å²) in [5.74, 6) is -0.307. The Morgan fingerprint density at radius 2 is 2.16 bits per heavy atom. The van der Waals surface area contributed by atoms with Crippen molar-refractivity contribution in [2.45, 2.75) is 19.4 Å². The van der Waals surface area contributed by atoms with E-state index in [4.69, 9.17) is 11.6 Å². The summed E-state index contributed by atoms with van der Waals surface area (Å²) in [6, 6.07) is 4.24. The van der Waals surface area contributed by atoms with E-state index >= 15 is 0 Å². The summed E-state index contributed by atoms with van der Waals surface area (Å²) < 4.78 is 13.2. The van der Waals surface area contributed by atoms with Crippen LogP contribution in [0.2, 0.25) is 5.02 Å². The van der Waals surface area contributed by atoms with E-state index in [-0.39, 0.29) is 16.8 Å². The van der Waals surface area contributed by atoms with E-state index in [0.29, 0.717) is 6.42 Å². The molecule has 1 unspecified atom stereocenters. The zero-order valence-electron chi connectivity index (χ0n) is 11.0. The topological polar surface area (TPSA) is 32.3 Å². The number of hydrogen-bond donors (Lipinski definition) is 1. The molecule has 1 fully saturated rings. The van der Waals surface area contributed by atoms with Gasteiger partial charge in [-0.3, -0.25) is 9.69 Å². The fourth-order valence-electron chi connectivity index (χ4n) is 2.42. The van der Waals surface area contributed by atoms with Crippen molar-refractivity contribution in [3.05, 3.63) is 34.6 Å². The number of carbonyl (C=O) groups excluding carboxylic acids is 1. The van der Waals surface area contributed by atoms with Crippen LogP contribution in [0.25, 0.3) is 0 Å². The summed E-state index contributed by atoms with van der Waals surface area (Å²) in [4.78, 5) is 14.3. The Morgan fingerprint density at radius 1 is 1.47 bits per heavy atom. The summed E-state index contributed by atoms with van der Waals surface area (Å²) in [7, 11) is 0. The zero-order valence-corrected chi connectivity index (χ0v) is 11.7. The van der Waals surface area contributed by atoms with Crippen molar-refractivity contribution in [1.82, 2.24) is 10.2 Å². The predicted octanol–water partition coefficient (Wildman–Crippen LogP) is 2.40. The molecule has 5 heteroatoms. The minimum Gasteiger partial charge on any atom is -0.314 e. The lowest BCUT2D eigenvalue weighted by Crippen LogP contribution is -2.47. The standard InChI is InChI=1S/C14H18ClFN2O/c1-2-13(19)14(18-7-5-17-6-8-18)10-3-4-12(16)11(15)9-10/h3-4,9,14,17H,2,5-8H2,1H3. The number of piperazine rings is 1. The van der Waals surface area contributed by atoms with Crippen molar-refractivity contribution < 1.29 is 9.18 Å². The average molecular weight is 285 g/mol. The van der Waals surface area contributed by atoms with Crippen LogP contribution in [-0.2, 0) is 4.79 Å². The number of halogens is 2. The first kappa shape index (κ1) is 14.4. The maximum atomic E-state index is 13.2. The smallest absolute Gasteiger partial charge is 0.154 e. The highest BCUT2D eigenvalue weighted by atomic mass is 35.5. The highest BCUT2D eigenvalue weighted by molar-refractivity contribution is 6.30. The molecule has 2 rings (SSSR count). The van der Waals surface area contributed by atoms with Crippen molar-refractivity contribution in [2.24, 2.45) is 0 Å². The van der Waals surface area contributed by atoms with E-state index in [0.717, 1.165) is 31.7 Å². The lowest BCUT2D eigenvalue weighted by molar-refractivity contribution is -0.124. The third kappa shape index (κ3) is 3.32. The first-order valence-electron chi connectivity index (χ1n) is 6.56. The molecule has 0 amide bonds. The van der Waals surface area contributed by atoms with Crippen molar-refractivity contribution in [1.29, 1.82) is 0 Å². The molecule has 1 N–H and O–H groups in total. The lowest BCUT2D eigenvalue weighted by atomic mass is 9.98. The second kappa shape index (κ2) is 6.46. The van der Waals surface area contributed by atoms with Crippen molar-refractivity contribution in [3.63, 3.8) is 0 Å². The molecule has 1 aliphatic rings. The molecule has 19 heavy (non-hydrogen) atoms. The molecule has 1 aromatic carbocycles. The van der Waals surface area contributed by atoms with E-state index in [1.54, 1.807) is 12.1 Å². The lowest BCUT2D eigenvalue weighted by Gasteiger charge is -2.34. The van der Waals surface area contributed by atoms with Gasteiger partial charge in [0, 0.05) is 32.6 Å². The highest BCUT2D eigenvalue weighted by Gasteiger charge is 2.27. The van der Waals surface area contributed by atoms with Gasteiger partial charge in [-0.25, -0.2) is 4.39 Å². The number of carbonyl (C=O) groups is 1. The van der Waals surface area contributed by atoms with Crippen LogP contribution >= 0.6 is 11.6 Å². The Hall–Kier alpha value is -0.970. The van der Waals surface area contributed by atoms with Gasteiger partial charge in [0.25, 0.3) is 0 Å². The molecule has 1 saturated heterocycles. The Balaban J connectivity index is 2.30. The van der Waals surface area contributed by atoms with Crippen LogP contribution in [0, 0.1) is 5.82 Å². The minimum absolute atomic E-state index is 0.0709. The second-order valence-corrected chi connectivity index (χ2v) is 5.09. The molecule has 1 heterocycles. The minimum atomic E-state index is -0.451. The maximum Gasteiger partial charge on any atom is 0.154 e. The fraction of sp³-hybridized carbons (Fsp3) is 0.500. The number of ketones is 1. The van der Waals surface area contributed by atoms with Gasteiger partial charge in [0.1, 0.15) is 5.82 Å². The van der Waals surface area contributed by atoms with Crippen LogP contribution in [-0.4, -0.2) is 36.9 Å². The van der Waals surface area contributed by atoms with Gasteiger partial charge in [0.15, 0.2) is 5.78 Å². The van der Waals surface area contributed by atoms with Gasteiger partial charge in [-0.15, -0.1) is 0 Å². The number of nitrogens with zero attached hydrogens (tertiary/aromatic N) is 1. The molecule has 3 nitrogen and oxygen atoms in total. The van der Waals surface area contributed by atoms with E-state index in [1.165, 1.54) is 6.07 Å². The first-order chi connectivity index (χ1) is 9.13. The molecule has 1 aromatic rings. The second-order valence-electron chi connectivity index (χ2n) is 4.68.